The minimum absolute atomic E-state index is 0.307. The minimum Gasteiger partial charge on any atom is -0.324 e. The fourth-order valence-electron chi connectivity index (χ4n) is 2.34. The van der Waals surface area contributed by atoms with Crippen molar-refractivity contribution >= 4 is 0 Å². The molecule has 1 aliphatic rings. The Labute approximate surface area is 88.3 Å². The van der Waals surface area contributed by atoms with Crippen LogP contribution in [0.3, 0.4) is 0 Å². The lowest BCUT2D eigenvalue weighted by atomic mass is 9.92. The topological polar surface area (TPSA) is 26.0 Å². The SMILES string of the molecule is N[C@@H](c1cc(F)ccc1F)C1CCCC1. The number of hydrogen-bond donors (Lipinski definition) is 1. The molecule has 1 atom stereocenters. The molecule has 3 heteroatoms. The van der Waals surface area contributed by atoms with Gasteiger partial charge in [-0.15, -0.1) is 0 Å². The molecule has 15 heavy (non-hydrogen) atoms. The second-order valence-corrected chi connectivity index (χ2v) is 4.24. The maximum atomic E-state index is 13.4. The lowest BCUT2D eigenvalue weighted by Gasteiger charge is -2.19. The zero-order valence-corrected chi connectivity index (χ0v) is 8.55. The van der Waals surface area contributed by atoms with Crippen LogP contribution in [0.5, 0.6) is 0 Å². The fraction of sp³-hybridized carbons (Fsp3) is 0.500. The molecule has 2 rings (SSSR count). The van der Waals surface area contributed by atoms with Crippen molar-refractivity contribution in [2.24, 2.45) is 11.7 Å². The van der Waals surface area contributed by atoms with Gasteiger partial charge in [0, 0.05) is 11.6 Å². The lowest BCUT2D eigenvalue weighted by Crippen LogP contribution is -2.20. The highest BCUT2D eigenvalue weighted by atomic mass is 19.1. The second-order valence-electron chi connectivity index (χ2n) is 4.24. The average Bonchev–Trinajstić information content (AvgIpc) is 2.74. The monoisotopic (exact) mass is 211 g/mol. The number of benzene rings is 1. The summed E-state index contributed by atoms with van der Waals surface area (Å²) in [6.07, 6.45) is 4.35. The summed E-state index contributed by atoms with van der Waals surface area (Å²) < 4.78 is 26.4. The van der Waals surface area contributed by atoms with Crippen molar-refractivity contribution in [1.82, 2.24) is 0 Å². The Bertz CT molecular complexity index is 345. The van der Waals surface area contributed by atoms with Gasteiger partial charge >= 0.3 is 0 Å². The van der Waals surface area contributed by atoms with Gasteiger partial charge in [0.15, 0.2) is 0 Å². The molecule has 1 fully saturated rings. The number of nitrogens with two attached hydrogens (primary N) is 1. The normalized spacial score (nSPS) is 19.4. The van der Waals surface area contributed by atoms with Crippen LogP contribution in [0.15, 0.2) is 18.2 Å². The zero-order chi connectivity index (χ0) is 10.8. The maximum Gasteiger partial charge on any atom is 0.128 e. The molecule has 0 amide bonds. The van der Waals surface area contributed by atoms with Gasteiger partial charge in [-0.05, 0) is 37.0 Å². The highest BCUT2D eigenvalue weighted by molar-refractivity contribution is 5.22. The molecule has 0 bridgehead atoms. The van der Waals surface area contributed by atoms with Gasteiger partial charge in [0.05, 0.1) is 0 Å². The van der Waals surface area contributed by atoms with E-state index in [1.165, 1.54) is 6.07 Å². The molecular weight excluding hydrogens is 196 g/mol. The molecule has 2 N–H and O–H groups in total. The van der Waals surface area contributed by atoms with Crippen LogP contribution in [0.2, 0.25) is 0 Å². The molecule has 0 aromatic heterocycles. The van der Waals surface area contributed by atoms with E-state index in [2.05, 4.69) is 0 Å². The molecule has 0 spiro atoms. The highest BCUT2D eigenvalue weighted by Gasteiger charge is 2.25. The summed E-state index contributed by atoms with van der Waals surface area (Å²) in [6, 6.07) is 3.14. The molecule has 1 aromatic rings. The molecule has 0 aliphatic heterocycles. The van der Waals surface area contributed by atoms with Gasteiger partial charge in [0.2, 0.25) is 0 Å². The summed E-state index contributed by atoms with van der Waals surface area (Å²) in [5, 5.41) is 0. The largest absolute Gasteiger partial charge is 0.324 e. The summed E-state index contributed by atoms with van der Waals surface area (Å²) in [6.45, 7) is 0. The minimum atomic E-state index is -0.417. The third kappa shape index (κ3) is 2.17. The Kier molecular flexibility index (Phi) is 3.00. The van der Waals surface area contributed by atoms with Crippen LogP contribution in [0.25, 0.3) is 0 Å². The standard InChI is InChI=1S/C12H15F2N/c13-9-5-6-11(14)10(7-9)12(15)8-3-1-2-4-8/h5-8,12H,1-4,15H2/t12-/m1/s1. The molecule has 1 aliphatic carbocycles. The van der Waals surface area contributed by atoms with E-state index in [-0.39, 0.29) is 6.04 Å². The van der Waals surface area contributed by atoms with E-state index in [4.69, 9.17) is 5.73 Å². The van der Waals surface area contributed by atoms with Crippen LogP contribution in [0, 0.1) is 17.6 Å². The molecule has 0 unspecified atom stereocenters. The van der Waals surface area contributed by atoms with Gasteiger partial charge in [-0.3, -0.25) is 0 Å². The summed E-state index contributed by atoms with van der Waals surface area (Å²) in [5.74, 6) is -0.503. The van der Waals surface area contributed by atoms with Crippen LogP contribution in [0.4, 0.5) is 8.78 Å². The van der Waals surface area contributed by atoms with Crippen molar-refractivity contribution < 1.29 is 8.78 Å². The highest BCUT2D eigenvalue weighted by Crippen LogP contribution is 2.35. The Morgan fingerprint density at radius 3 is 2.53 bits per heavy atom. The van der Waals surface area contributed by atoms with Crippen LogP contribution < -0.4 is 5.73 Å². The Morgan fingerprint density at radius 2 is 1.87 bits per heavy atom. The first kappa shape index (κ1) is 10.6. The van der Waals surface area contributed by atoms with E-state index in [1.54, 1.807) is 0 Å². The van der Waals surface area contributed by atoms with Crippen molar-refractivity contribution in [2.75, 3.05) is 0 Å². The van der Waals surface area contributed by atoms with E-state index in [0.29, 0.717) is 11.5 Å². The van der Waals surface area contributed by atoms with Crippen LogP contribution >= 0.6 is 0 Å². The third-order valence-corrected chi connectivity index (χ3v) is 3.22. The van der Waals surface area contributed by atoms with Crippen molar-refractivity contribution in [3.05, 3.63) is 35.4 Å². The molecule has 0 saturated heterocycles. The number of rotatable bonds is 2. The number of hydrogen-bond acceptors (Lipinski definition) is 1. The Balaban J connectivity index is 2.23. The Hall–Kier alpha value is -0.960. The first-order chi connectivity index (χ1) is 7.18. The summed E-state index contributed by atoms with van der Waals surface area (Å²) in [4.78, 5) is 0. The first-order valence-electron chi connectivity index (χ1n) is 5.39. The van der Waals surface area contributed by atoms with Crippen molar-refractivity contribution in [1.29, 1.82) is 0 Å². The summed E-state index contributed by atoms with van der Waals surface area (Å²) in [7, 11) is 0. The first-order valence-corrected chi connectivity index (χ1v) is 5.39. The van der Waals surface area contributed by atoms with Gasteiger partial charge in [0.1, 0.15) is 11.6 Å². The predicted octanol–water partition coefficient (Wildman–Crippen LogP) is 3.15. The molecule has 82 valence electrons. The second kappa shape index (κ2) is 4.27. The smallest absolute Gasteiger partial charge is 0.128 e. The maximum absolute atomic E-state index is 13.4. The predicted molar refractivity (Wildman–Crippen MR) is 55.2 cm³/mol. The lowest BCUT2D eigenvalue weighted by molar-refractivity contribution is 0.426. The van der Waals surface area contributed by atoms with Crippen molar-refractivity contribution in [2.45, 2.75) is 31.7 Å². The van der Waals surface area contributed by atoms with Crippen molar-refractivity contribution in [3.63, 3.8) is 0 Å². The zero-order valence-electron chi connectivity index (χ0n) is 8.55. The Morgan fingerprint density at radius 1 is 1.20 bits per heavy atom. The van der Waals surface area contributed by atoms with E-state index in [9.17, 15) is 8.78 Å². The van der Waals surface area contributed by atoms with Crippen LogP contribution in [-0.4, -0.2) is 0 Å². The van der Waals surface area contributed by atoms with Gasteiger partial charge in [-0.25, -0.2) is 8.78 Å². The van der Waals surface area contributed by atoms with Crippen LogP contribution in [0.1, 0.15) is 37.3 Å². The van der Waals surface area contributed by atoms with Gasteiger partial charge in [-0.2, -0.15) is 0 Å². The summed E-state index contributed by atoms with van der Waals surface area (Å²) in [5.41, 5.74) is 6.28. The van der Waals surface area contributed by atoms with E-state index in [1.807, 2.05) is 0 Å². The van der Waals surface area contributed by atoms with Gasteiger partial charge in [0.25, 0.3) is 0 Å². The number of halogens is 2. The average molecular weight is 211 g/mol. The van der Waals surface area contributed by atoms with Gasteiger partial charge < -0.3 is 5.73 Å². The third-order valence-electron chi connectivity index (χ3n) is 3.22. The molecule has 1 saturated carbocycles. The fourth-order valence-corrected chi connectivity index (χ4v) is 2.34. The van der Waals surface area contributed by atoms with Crippen molar-refractivity contribution in [3.8, 4) is 0 Å². The molecule has 1 nitrogen and oxygen atoms in total. The quantitative estimate of drug-likeness (QED) is 0.799. The molecular formula is C12H15F2N. The van der Waals surface area contributed by atoms with E-state index >= 15 is 0 Å². The van der Waals surface area contributed by atoms with Gasteiger partial charge in [-0.1, -0.05) is 12.8 Å². The van der Waals surface area contributed by atoms with E-state index in [0.717, 1.165) is 37.8 Å². The van der Waals surface area contributed by atoms with Crippen LogP contribution in [-0.2, 0) is 0 Å². The molecule has 0 heterocycles. The molecule has 1 aromatic carbocycles. The molecule has 0 radical (unpaired) electrons. The summed E-state index contributed by atoms with van der Waals surface area (Å²) >= 11 is 0. The van der Waals surface area contributed by atoms with E-state index < -0.39 is 11.6 Å².